The number of phenols is 2. The third-order valence-corrected chi connectivity index (χ3v) is 14.0. The first-order valence-electron chi connectivity index (χ1n) is 21.4. The van der Waals surface area contributed by atoms with Crippen LogP contribution in [0.1, 0.15) is 15.9 Å². The maximum Gasteiger partial charge on any atom is 0.339 e. The third kappa shape index (κ3) is 10.8. The summed E-state index contributed by atoms with van der Waals surface area (Å²) in [6.07, 6.45) is 0. The van der Waals surface area contributed by atoms with Gasteiger partial charge >= 0.3 is 5.97 Å². The molecule has 8 rings (SSSR count). The van der Waals surface area contributed by atoms with Crippen molar-refractivity contribution in [1.82, 2.24) is 0 Å². The predicted molar refractivity (Wildman–Crippen MR) is 276 cm³/mol. The third-order valence-electron chi connectivity index (χ3n) is 11.3. The van der Waals surface area contributed by atoms with Crippen LogP contribution >= 0.6 is 0 Å². The summed E-state index contributed by atoms with van der Waals surface area (Å²) in [5, 5.41) is 63.1. The van der Waals surface area contributed by atoms with Gasteiger partial charge in [-0.25, -0.2) is 4.79 Å². The van der Waals surface area contributed by atoms with Gasteiger partial charge in [0, 0.05) is 16.2 Å². The smallest absolute Gasteiger partial charge is 0.339 e. The lowest BCUT2D eigenvalue weighted by Crippen LogP contribution is -2.01. The maximum atomic E-state index is 12.8. The van der Waals surface area contributed by atoms with Crippen molar-refractivity contribution in [3.05, 3.63) is 126 Å². The lowest BCUT2D eigenvalue weighted by molar-refractivity contribution is 0.0693. The molecule has 28 heteroatoms. The summed E-state index contributed by atoms with van der Waals surface area (Å²) >= 11 is 0. The zero-order valence-corrected chi connectivity index (χ0v) is 41.7. The van der Waals surface area contributed by atoms with Crippen LogP contribution in [0.15, 0.2) is 171 Å². The van der Waals surface area contributed by atoms with E-state index in [4.69, 9.17) is 20.9 Å². The first-order chi connectivity index (χ1) is 35.9. The summed E-state index contributed by atoms with van der Waals surface area (Å²) < 4.78 is 116. The fraction of sp³-hybridized carbons (Fsp3) is 0.0625. The van der Waals surface area contributed by atoms with Crippen molar-refractivity contribution < 1.29 is 68.5 Å². The molecule has 0 bridgehead atoms. The molecule has 0 fully saturated rings. The largest absolute Gasteiger partial charge is 0.507 e. The average Bonchev–Trinajstić information content (AvgIpc) is 3.39. The number of rotatable bonds is 15. The molecule has 0 saturated carbocycles. The van der Waals surface area contributed by atoms with Gasteiger partial charge in [0.15, 0.2) is 5.75 Å². The summed E-state index contributed by atoms with van der Waals surface area (Å²) in [6, 6.07) is 25.5. The van der Waals surface area contributed by atoms with Crippen molar-refractivity contribution in [3.8, 4) is 34.1 Å². The Morgan fingerprint density at radius 1 is 0.500 bits per heavy atom. The number of hydrogen-bond acceptors (Lipinski definition) is 21. The number of benzene rings is 8. The number of phenolic OH excluding ortho intramolecular Hbond substituents is 1. The number of methoxy groups -OCH3 is 2. The second-order valence-corrected chi connectivity index (χ2v) is 20.3. The Kier molecular flexibility index (Phi) is 14.3. The van der Waals surface area contributed by atoms with Gasteiger partial charge < -0.3 is 36.3 Å². The lowest BCUT2D eigenvalue weighted by Gasteiger charge is -2.12. The Hall–Kier alpha value is -9.32. The monoisotopic (exact) mass is 1090 g/mol. The predicted octanol–water partition coefficient (Wildman–Crippen LogP) is 11.7. The minimum atomic E-state index is -5.25. The van der Waals surface area contributed by atoms with Gasteiger partial charge in [-0.3, -0.25) is 13.7 Å². The fourth-order valence-electron chi connectivity index (χ4n) is 7.58. The molecule has 0 saturated heterocycles. The molecule has 10 N–H and O–H groups in total. The van der Waals surface area contributed by atoms with E-state index in [1.54, 1.807) is 43.3 Å². The van der Waals surface area contributed by atoms with Crippen molar-refractivity contribution in [1.29, 1.82) is 0 Å². The Balaban J connectivity index is 1.12. The number of nitrogen functional groups attached to an aromatic ring is 2. The SMILES string of the molecule is COc1cc(-c2ccc(N=Nc3c(N)c(C)cc(N=Nc4cc5c(O)c(N=Nc6ccc(S(=O)(=O)O)c7ccccc67)c(S(=O)(=O)O)cc5cc4S(=O)(=O)O)c3N)c(OC)c2)ccc1N=Nc1ccc(O)c(C(=O)O)c1. The van der Waals surface area contributed by atoms with Gasteiger partial charge in [-0.1, -0.05) is 36.4 Å². The molecule has 25 nitrogen and oxygen atoms in total. The van der Waals surface area contributed by atoms with Crippen LogP contribution in [0, 0.1) is 6.92 Å². The molecule has 0 aromatic heterocycles. The highest BCUT2D eigenvalue weighted by Crippen LogP contribution is 2.47. The molecule has 8 aromatic rings. The fourth-order valence-corrected chi connectivity index (χ4v) is 9.57. The van der Waals surface area contributed by atoms with E-state index in [2.05, 4.69) is 40.9 Å². The van der Waals surface area contributed by atoms with Gasteiger partial charge in [-0.2, -0.15) is 30.4 Å². The van der Waals surface area contributed by atoms with Crippen molar-refractivity contribution in [3.63, 3.8) is 0 Å². The average molecular weight is 1090 g/mol. The van der Waals surface area contributed by atoms with E-state index >= 15 is 0 Å². The first-order valence-corrected chi connectivity index (χ1v) is 25.8. The molecule has 0 radical (unpaired) electrons. The van der Waals surface area contributed by atoms with E-state index in [1.807, 2.05) is 0 Å². The van der Waals surface area contributed by atoms with Gasteiger partial charge in [0.2, 0.25) is 0 Å². The number of aryl methyl sites for hydroxylation is 1. The van der Waals surface area contributed by atoms with Crippen LogP contribution in [0.4, 0.5) is 56.9 Å². The highest BCUT2D eigenvalue weighted by molar-refractivity contribution is 7.86. The van der Waals surface area contributed by atoms with Gasteiger partial charge in [0.25, 0.3) is 30.4 Å². The van der Waals surface area contributed by atoms with E-state index in [1.165, 1.54) is 62.8 Å². The Morgan fingerprint density at radius 2 is 1.03 bits per heavy atom. The van der Waals surface area contributed by atoms with Crippen LogP contribution in [-0.2, 0) is 30.4 Å². The number of carboxylic acid groups (broad SMARTS) is 1. The van der Waals surface area contributed by atoms with E-state index in [0.717, 1.165) is 30.3 Å². The van der Waals surface area contributed by atoms with Gasteiger partial charge in [-0.15, -0.1) is 35.8 Å². The molecule has 0 atom stereocenters. The van der Waals surface area contributed by atoms with Crippen molar-refractivity contribution in [2.45, 2.75) is 21.6 Å². The molecule has 0 unspecified atom stereocenters. The molecular weight excluding hydrogens is 1050 g/mol. The van der Waals surface area contributed by atoms with Gasteiger partial charge in [0.05, 0.1) is 37.0 Å². The number of aromatic hydroxyl groups is 2. The Labute approximate surface area is 430 Å². The highest BCUT2D eigenvalue weighted by Gasteiger charge is 2.26. The molecule has 388 valence electrons. The van der Waals surface area contributed by atoms with E-state index in [-0.39, 0.29) is 72.7 Å². The van der Waals surface area contributed by atoms with E-state index < -0.39 is 73.9 Å². The normalized spacial score (nSPS) is 12.5. The summed E-state index contributed by atoms with van der Waals surface area (Å²) in [5.41, 5.74) is 13.1. The molecule has 0 aliphatic carbocycles. The Morgan fingerprint density at radius 3 is 1.62 bits per heavy atom. The van der Waals surface area contributed by atoms with Gasteiger partial charge in [-0.05, 0) is 108 Å². The zero-order valence-electron chi connectivity index (χ0n) is 39.3. The second kappa shape index (κ2) is 20.5. The summed E-state index contributed by atoms with van der Waals surface area (Å²) in [7, 11) is -12.3. The maximum absolute atomic E-state index is 12.8. The van der Waals surface area contributed by atoms with Crippen LogP contribution in [0.5, 0.6) is 23.0 Å². The summed E-state index contributed by atoms with van der Waals surface area (Å²) in [6.45, 7) is 1.58. The van der Waals surface area contributed by atoms with E-state index in [0.29, 0.717) is 28.1 Å². The molecular formula is C48H38N10O15S3. The molecule has 8 aromatic carbocycles. The number of carbonyl (C=O) groups is 1. The molecule has 0 heterocycles. The highest BCUT2D eigenvalue weighted by atomic mass is 32.2. The molecule has 0 amide bonds. The number of nitrogens with two attached hydrogens (primary N) is 2. The topological polar surface area (TPSA) is 410 Å². The molecule has 0 aliphatic heterocycles. The minimum absolute atomic E-state index is 0.0190. The van der Waals surface area contributed by atoms with Gasteiger partial charge in [0.1, 0.15) is 71.6 Å². The second-order valence-electron chi connectivity index (χ2n) is 16.1. The number of azo groups is 4. The van der Waals surface area contributed by atoms with E-state index in [9.17, 15) is 59.0 Å². The quantitative estimate of drug-likeness (QED) is 0.0268. The zero-order chi connectivity index (χ0) is 55.0. The number of nitrogens with zero attached hydrogens (tertiary/aromatic N) is 8. The number of hydrogen-bond donors (Lipinski definition) is 8. The number of fused-ring (bicyclic) bond motifs is 2. The minimum Gasteiger partial charge on any atom is -0.507 e. The molecule has 0 spiro atoms. The number of aromatic carboxylic acids is 1. The molecule has 0 aliphatic rings. The number of carboxylic acids is 1. The van der Waals surface area contributed by atoms with Crippen LogP contribution in [-0.4, -0.2) is 74.4 Å². The number of ether oxygens (including phenoxy) is 2. The first kappa shape index (κ1) is 53.0. The van der Waals surface area contributed by atoms with Crippen LogP contribution in [0.25, 0.3) is 32.7 Å². The van der Waals surface area contributed by atoms with Crippen LogP contribution < -0.4 is 20.9 Å². The van der Waals surface area contributed by atoms with Crippen LogP contribution in [0.2, 0.25) is 0 Å². The molecule has 76 heavy (non-hydrogen) atoms. The van der Waals surface area contributed by atoms with Crippen molar-refractivity contribution in [2.24, 2.45) is 40.9 Å². The van der Waals surface area contributed by atoms with Crippen molar-refractivity contribution >= 4 is 115 Å². The lowest BCUT2D eigenvalue weighted by atomic mass is 10.0. The standard InChI is InChI=1S/C48H38N10O15S3/c1-23-16-36(44(50)46(43(23)49)58-54-34-12-9-25(18-39(34)73-3)24-8-11-33(38(17-24)72-2)53-51-27-10-14-37(59)31(21-27)48(61)62)56-55-35-22-30-26(19-41(35)75(66,67)68)20-42(76(69,70)71)45(47(30)60)57-52-32-13-15-40(74(63,64)65)29-7-5-4-6-28(29)32/h4-22,59-60H,49-50H2,1-3H3,(H,61,62)(H,63,64,65)(H,66,67,68)(H,69,70,71). The number of anilines is 2. The van der Waals surface area contributed by atoms with Crippen molar-refractivity contribution in [2.75, 3.05) is 25.7 Å². The van der Waals surface area contributed by atoms with Crippen LogP contribution in [0.3, 0.4) is 0 Å². The summed E-state index contributed by atoms with van der Waals surface area (Å²) in [5.74, 6) is -2.16. The summed E-state index contributed by atoms with van der Waals surface area (Å²) in [4.78, 5) is 9.00. The Bertz CT molecular complexity index is 4230.